The number of aliphatic hydroxyl groups excluding tert-OH is 1. The number of hydrogen-bond donors (Lipinski definition) is 2. The van der Waals surface area contributed by atoms with Crippen LogP contribution in [0.25, 0.3) is 0 Å². The highest BCUT2D eigenvalue weighted by atomic mass is 32.2. The van der Waals surface area contributed by atoms with E-state index in [-0.39, 0.29) is 28.7 Å². The maximum atomic E-state index is 11.5. The van der Waals surface area contributed by atoms with Gasteiger partial charge in [-0.1, -0.05) is 0 Å². The Hall–Kier alpha value is -1.01. The summed E-state index contributed by atoms with van der Waals surface area (Å²) in [5.41, 5.74) is 5.09. The van der Waals surface area contributed by atoms with Crippen LogP contribution in [0.15, 0.2) is 17.1 Å². The van der Waals surface area contributed by atoms with Gasteiger partial charge in [-0.3, -0.25) is 4.57 Å². The summed E-state index contributed by atoms with van der Waals surface area (Å²) in [5, 5.41) is 9.32. The molecule has 2 atom stereocenters. The van der Waals surface area contributed by atoms with Gasteiger partial charge in [0.15, 0.2) is 0 Å². The van der Waals surface area contributed by atoms with Crippen molar-refractivity contribution in [2.75, 3.05) is 12.3 Å². The average Bonchev–Trinajstić information content (AvgIpc) is 2.66. The van der Waals surface area contributed by atoms with E-state index in [0.717, 1.165) is 12.8 Å². The Bertz CT molecular complexity index is 407. The normalized spacial score (nSPS) is 25.7. The topological polar surface area (TPSA) is 81.1 Å². The van der Waals surface area contributed by atoms with Crippen molar-refractivity contribution in [1.82, 2.24) is 9.55 Å². The molecular formula is C9H13N3O2S. The van der Waals surface area contributed by atoms with Crippen LogP contribution in [0.5, 0.6) is 0 Å². The van der Waals surface area contributed by atoms with E-state index in [1.807, 2.05) is 0 Å². The summed E-state index contributed by atoms with van der Waals surface area (Å²) in [4.78, 5) is 15.2. The van der Waals surface area contributed by atoms with Crippen molar-refractivity contribution in [3.05, 3.63) is 22.7 Å². The SMILES string of the molecule is Nc1ccn(C2CC[C@@H](CO)S2)c(=O)n1. The zero-order valence-electron chi connectivity index (χ0n) is 8.17. The van der Waals surface area contributed by atoms with E-state index in [9.17, 15) is 4.79 Å². The molecule has 0 radical (unpaired) electrons. The first-order chi connectivity index (χ1) is 7.20. The van der Waals surface area contributed by atoms with Crippen molar-refractivity contribution < 1.29 is 5.11 Å². The maximum Gasteiger partial charge on any atom is 0.350 e. The quantitative estimate of drug-likeness (QED) is 0.755. The third-order valence-electron chi connectivity index (χ3n) is 2.45. The minimum atomic E-state index is -0.314. The Balaban J connectivity index is 2.20. The molecule has 0 bridgehead atoms. The number of aromatic nitrogens is 2. The molecule has 6 heteroatoms. The van der Waals surface area contributed by atoms with Crippen LogP contribution in [0.3, 0.4) is 0 Å². The highest BCUT2D eigenvalue weighted by Crippen LogP contribution is 2.40. The largest absolute Gasteiger partial charge is 0.395 e. The number of nitrogen functional groups attached to an aromatic ring is 1. The second-order valence-corrected chi connectivity index (χ2v) is 5.00. The standard InChI is InChI=1S/C9H13N3O2S/c10-7-3-4-12(9(14)11-7)8-2-1-6(5-13)15-8/h3-4,6,8,13H,1-2,5H2,(H2,10,11,14)/t6-,8?/m0/s1. The third-order valence-corrected chi connectivity index (χ3v) is 4.00. The Kier molecular flexibility index (Phi) is 2.97. The summed E-state index contributed by atoms with van der Waals surface area (Å²) < 4.78 is 1.58. The number of anilines is 1. The molecule has 1 saturated heterocycles. The monoisotopic (exact) mass is 227 g/mol. The van der Waals surface area contributed by atoms with Gasteiger partial charge in [0.05, 0.1) is 12.0 Å². The molecule has 1 unspecified atom stereocenters. The Morgan fingerprint density at radius 2 is 2.47 bits per heavy atom. The van der Waals surface area contributed by atoms with Gasteiger partial charge in [0.25, 0.3) is 0 Å². The number of hydrogen-bond acceptors (Lipinski definition) is 5. The van der Waals surface area contributed by atoms with Crippen molar-refractivity contribution in [3.63, 3.8) is 0 Å². The van der Waals surface area contributed by atoms with Gasteiger partial charge in [-0.2, -0.15) is 4.98 Å². The van der Waals surface area contributed by atoms with Crippen molar-refractivity contribution >= 4 is 17.6 Å². The number of nitrogens with two attached hydrogens (primary N) is 1. The van der Waals surface area contributed by atoms with Crippen molar-refractivity contribution in [3.8, 4) is 0 Å². The van der Waals surface area contributed by atoms with Crippen LogP contribution in [0, 0.1) is 0 Å². The molecule has 5 nitrogen and oxygen atoms in total. The number of aliphatic hydroxyl groups is 1. The van der Waals surface area contributed by atoms with E-state index in [0.29, 0.717) is 0 Å². The highest BCUT2D eigenvalue weighted by Gasteiger charge is 2.26. The van der Waals surface area contributed by atoms with Crippen molar-refractivity contribution in [1.29, 1.82) is 0 Å². The van der Waals surface area contributed by atoms with Crippen LogP contribution < -0.4 is 11.4 Å². The lowest BCUT2D eigenvalue weighted by Gasteiger charge is -2.12. The van der Waals surface area contributed by atoms with Crippen LogP contribution in [-0.4, -0.2) is 26.5 Å². The van der Waals surface area contributed by atoms with Gasteiger partial charge in [0.1, 0.15) is 5.82 Å². The first kappa shape index (κ1) is 10.5. The molecule has 3 N–H and O–H groups in total. The molecule has 0 aromatic carbocycles. The summed E-state index contributed by atoms with van der Waals surface area (Å²) in [6, 6.07) is 1.62. The van der Waals surface area contributed by atoms with Gasteiger partial charge in [0, 0.05) is 11.4 Å². The maximum absolute atomic E-state index is 11.5. The van der Waals surface area contributed by atoms with Crippen molar-refractivity contribution in [2.45, 2.75) is 23.5 Å². The minimum Gasteiger partial charge on any atom is -0.395 e. The van der Waals surface area contributed by atoms with E-state index >= 15 is 0 Å². The summed E-state index contributed by atoms with van der Waals surface area (Å²) in [6.07, 6.45) is 3.49. The Labute approximate surface area is 91.3 Å². The van der Waals surface area contributed by atoms with E-state index < -0.39 is 0 Å². The number of rotatable bonds is 2. The molecule has 1 aliphatic rings. The molecule has 1 aromatic rings. The number of thioether (sulfide) groups is 1. The van der Waals surface area contributed by atoms with Crippen LogP contribution >= 0.6 is 11.8 Å². The van der Waals surface area contributed by atoms with E-state index in [2.05, 4.69) is 4.98 Å². The van der Waals surface area contributed by atoms with E-state index in [1.54, 1.807) is 28.6 Å². The molecular weight excluding hydrogens is 214 g/mol. The summed E-state index contributed by atoms with van der Waals surface area (Å²) in [6.45, 7) is 0.165. The first-order valence-corrected chi connectivity index (χ1v) is 5.76. The zero-order chi connectivity index (χ0) is 10.8. The molecule has 1 aromatic heterocycles. The third kappa shape index (κ3) is 2.15. The van der Waals surface area contributed by atoms with Crippen LogP contribution in [0.1, 0.15) is 18.2 Å². The lowest BCUT2D eigenvalue weighted by Crippen LogP contribution is -2.24. The first-order valence-electron chi connectivity index (χ1n) is 4.81. The fraction of sp³-hybridized carbons (Fsp3) is 0.556. The smallest absolute Gasteiger partial charge is 0.350 e. The Morgan fingerprint density at radius 3 is 3.07 bits per heavy atom. The predicted octanol–water partition coefficient (Wildman–Crippen LogP) is 0.212. The molecule has 2 heterocycles. The van der Waals surface area contributed by atoms with Gasteiger partial charge < -0.3 is 10.8 Å². The second-order valence-electron chi connectivity index (χ2n) is 3.51. The van der Waals surface area contributed by atoms with Crippen LogP contribution in [-0.2, 0) is 0 Å². The molecule has 0 aliphatic carbocycles. The van der Waals surface area contributed by atoms with Crippen molar-refractivity contribution in [2.24, 2.45) is 0 Å². The van der Waals surface area contributed by atoms with Crippen LogP contribution in [0.4, 0.5) is 5.82 Å². The van der Waals surface area contributed by atoms with Gasteiger partial charge in [-0.15, -0.1) is 11.8 Å². The molecule has 2 rings (SSSR count). The molecule has 1 fully saturated rings. The molecule has 1 aliphatic heterocycles. The lowest BCUT2D eigenvalue weighted by molar-refractivity contribution is 0.292. The number of nitrogens with zero attached hydrogens (tertiary/aromatic N) is 2. The van der Waals surface area contributed by atoms with E-state index in [4.69, 9.17) is 10.8 Å². The molecule has 15 heavy (non-hydrogen) atoms. The molecule has 82 valence electrons. The summed E-state index contributed by atoms with van der Waals surface area (Å²) in [5.74, 6) is 0.248. The van der Waals surface area contributed by atoms with E-state index in [1.165, 1.54) is 0 Å². The second kappa shape index (κ2) is 4.24. The van der Waals surface area contributed by atoms with Gasteiger partial charge >= 0.3 is 5.69 Å². The molecule has 0 spiro atoms. The fourth-order valence-corrected chi connectivity index (χ4v) is 3.04. The average molecular weight is 227 g/mol. The minimum absolute atomic E-state index is 0.0859. The lowest BCUT2D eigenvalue weighted by atomic mass is 10.2. The fourth-order valence-electron chi connectivity index (χ4n) is 1.67. The zero-order valence-corrected chi connectivity index (χ0v) is 8.98. The van der Waals surface area contributed by atoms with Gasteiger partial charge in [0.2, 0.25) is 0 Å². The van der Waals surface area contributed by atoms with Crippen LogP contribution in [0.2, 0.25) is 0 Å². The van der Waals surface area contributed by atoms with Gasteiger partial charge in [-0.25, -0.2) is 4.79 Å². The van der Waals surface area contributed by atoms with Gasteiger partial charge in [-0.05, 0) is 18.9 Å². The Morgan fingerprint density at radius 1 is 1.67 bits per heavy atom. The molecule has 0 saturated carbocycles. The summed E-state index contributed by atoms with van der Waals surface area (Å²) in [7, 11) is 0. The highest BCUT2D eigenvalue weighted by molar-refractivity contribution is 8.00. The predicted molar refractivity (Wildman–Crippen MR) is 59.6 cm³/mol. The summed E-state index contributed by atoms with van der Waals surface area (Å²) >= 11 is 1.62. The molecule has 0 amide bonds.